The van der Waals surface area contributed by atoms with E-state index < -0.39 is 24.6 Å². The van der Waals surface area contributed by atoms with E-state index in [1.54, 1.807) is 36.4 Å². The Bertz CT molecular complexity index is 1080. The number of aliphatic hydroxyl groups excluding tert-OH is 2. The topological polar surface area (TPSA) is 77.8 Å². The first-order valence-corrected chi connectivity index (χ1v) is 10.8. The third kappa shape index (κ3) is 6.46. The highest BCUT2D eigenvalue weighted by Gasteiger charge is 2.30. The van der Waals surface area contributed by atoms with Crippen LogP contribution < -0.4 is 0 Å². The Morgan fingerprint density at radius 2 is 1.55 bits per heavy atom. The van der Waals surface area contributed by atoms with Crippen molar-refractivity contribution in [2.45, 2.75) is 45.3 Å². The zero-order chi connectivity index (χ0) is 24.2. The highest BCUT2D eigenvalue weighted by atomic mass is 19.1. The van der Waals surface area contributed by atoms with Crippen LogP contribution in [0.1, 0.15) is 44.2 Å². The summed E-state index contributed by atoms with van der Waals surface area (Å²) in [6.07, 6.45) is 3.26. The normalized spacial score (nSPS) is 17.7. The zero-order valence-corrected chi connectivity index (χ0v) is 18.6. The second-order valence-corrected chi connectivity index (χ2v) is 8.99. The summed E-state index contributed by atoms with van der Waals surface area (Å²) in [5.41, 5.74) is 4.08. The van der Waals surface area contributed by atoms with Crippen molar-refractivity contribution in [3.63, 3.8) is 0 Å². The molecule has 0 amide bonds. The SMILES string of the molecule is CC1(C)CC(c2ccc(F)cc2)=CC(c2ccc(F)cc2)=C1/C=C/C(O)CC(O)CC(=O)O. The first-order valence-electron chi connectivity index (χ1n) is 10.8. The van der Waals surface area contributed by atoms with Crippen molar-refractivity contribution in [3.05, 3.63) is 95.1 Å². The molecule has 0 aliphatic heterocycles. The van der Waals surface area contributed by atoms with Crippen LogP contribution in [0.2, 0.25) is 0 Å². The van der Waals surface area contributed by atoms with Crippen LogP contribution in [0.25, 0.3) is 11.1 Å². The summed E-state index contributed by atoms with van der Waals surface area (Å²) >= 11 is 0. The van der Waals surface area contributed by atoms with E-state index in [9.17, 15) is 23.8 Å². The molecule has 4 nitrogen and oxygen atoms in total. The lowest BCUT2D eigenvalue weighted by atomic mass is 9.70. The fraction of sp³-hybridized carbons (Fsp3) is 0.296. The van der Waals surface area contributed by atoms with Crippen molar-refractivity contribution in [2.75, 3.05) is 0 Å². The third-order valence-corrected chi connectivity index (χ3v) is 5.75. The van der Waals surface area contributed by atoms with E-state index in [1.165, 1.54) is 24.3 Å². The maximum Gasteiger partial charge on any atom is 0.305 e. The minimum atomic E-state index is -1.16. The van der Waals surface area contributed by atoms with Crippen molar-refractivity contribution >= 4 is 17.1 Å². The van der Waals surface area contributed by atoms with Crippen LogP contribution in [0.4, 0.5) is 8.78 Å². The lowest BCUT2D eigenvalue weighted by molar-refractivity contribution is -0.139. The van der Waals surface area contributed by atoms with Crippen molar-refractivity contribution in [2.24, 2.45) is 5.41 Å². The van der Waals surface area contributed by atoms with Gasteiger partial charge in [-0.1, -0.05) is 56.3 Å². The number of halogens is 2. The minimum Gasteiger partial charge on any atom is -0.481 e. The summed E-state index contributed by atoms with van der Waals surface area (Å²) in [5.74, 6) is -1.80. The Morgan fingerprint density at radius 1 is 1.00 bits per heavy atom. The average molecular weight is 455 g/mol. The van der Waals surface area contributed by atoms with E-state index in [-0.39, 0.29) is 23.5 Å². The molecule has 174 valence electrons. The van der Waals surface area contributed by atoms with Gasteiger partial charge in [0.15, 0.2) is 0 Å². The number of aliphatic hydroxyl groups is 2. The summed E-state index contributed by atoms with van der Waals surface area (Å²) in [5, 5.41) is 28.9. The number of allylic oxidation sites excluding steroid dienone is 5. The largest absolute Gasteiger partial charge is 0.481 e. The second kappa shape index (κ2) is 10.2. The van der Waals surface area contributed by atoms with E-state index in [0.717, 1.165) is 27.8 Å². The van der Waals surface area contributed by atoms with Crippen molar-refractivity contribution < 1.29 is 28.9 Å². The monoisotopic (exact) mass is 454 g/mol. The standard InChI is InChI=1S/C27H28F2O4/c1-27(2)16-19(17-3-7-20(28)8-4-17)13-24(18-5-9-21(29)10-6-18)25(27)12-11-22(30)14-23(31)15-26(32)33/h3-13,22-23,30-31H,14-16H2,1-2H3,(H,32,33)/b12-11+. The molecule has 1 aliphatic carbocycles. The number of carbonyl (C=O) groups is 1. The van der Waals surface area contributed by atoms with Crippen molar-refractivity contribution in [3.8, 4) is 0 Å². The maximum atomic E-state index is 13.6. The summed E-state index contributed by atoms with van der Waals surface area (Å²) in [4.78, 5) is 10.8. The summed E-state index contributed by atoms with van der Waals surface area (Å²) in [6, 6.07) is 12.4. The van der Waals surface area contributed by atoms with Gasteiger partial charge in [0.25, 0.3) is 0 Å². The van der Waals surface area contributed by atoms with Gasteiger partial charge in [0, 0.05) is 6.42 Å². The average Bonchev–Trinajstić information content (AvgIpc) is 2.72. The molecule has 0 spiro atoms. The Balaban J connectivity index is 2.02. The van der Waals surface area contributed by atoms with Crippen LogP contribution in [0.15, 0.2) is 72.3 Å². The van der Waals surface area contributed by atoms with Crippen molar-refractivity contribution in [1.82, 2.24) is 0 Å². The van der Waals surface area contributed by atoms with Gasteiger partial charge in [-0.3, -0.25) is 4.79 Å². The highest BCUT2D eigenvalue weighted by molar-refractivity contribution is 5.90. The molecule has 0 aromatic heterocycles. The Morgan fingerprint density at radius 3 is 2.09 bits per heavy atom. The molecule has 2 aromatic rings. The number of hydrogen-bond acceptors (Lipinski definition) is 3. The predicted molar refractivity (Wildman–Crippen MR) is 124 cm³/mol. The number of hydrogen-bond donors (Lipinski definition) is 3. The van der Waals surface area contributed by atoms with Crippen LogP contribution in [-0.2, 0) is 4.79 Å². The third-order valence-electron chi connectivity index (χ3n) is 5.75. The molecule has 0 bridgehead atoms. The van der Waals surface area contributed by atoms with Gasteiger partial charge >= 0.3 is 5.97 Å². The van der Waals surface area contributed by atoms with Gasteiger partial charge in [-0.25, -0.2) is 8.78 Å². The lowest BCUT2D eigenvalue weighted by Crippen LogP contribution is -2.21. The molecule has 0 fully saturated rings. The maximum absolute atomic E-state index is 13.6. The van der Waals surface area contributed by atoms with E-state index in [2.05, 4.69) is 13.8 Å². The quantitative estimate of drug-likeness (QED) is 0.501. The molecule has 1 aliphatic rings. The molecular weight excluding hydrogens is 426 g/mol. The second-order valence-electron chi connectivity index (χ2n) is 8.99. The molecule has 0 saturated heterocycles. The van der Waals surface area contributed by atoms with Gasteiger partial charge in [-0.2, -0.15) is 0 Å². The summed E-state index contributed by atoms with van der Waals surface area (Å²) in [6.45, 7) is 4.11. The fourth-order valence-electron chi connectivity index (χ4n) is 4.12. The van der Waals surface area contributed by atoms with Crippen LogP contribution >= 0.6 is 0 Å². The molecule has 6 heteroatoms. The van der Waals surface area contributed by atoms with E-state index in [4.69, 9.17) is 5.11 Å². The number of aliphatic carboxylic acids is 1. The highest BCUT2D eigenvalue weighted by Crippen LogP contribution is 2.46. The molecule has 2 aromatic carbocycles. The predicted octanol–water partition coefficient (Wildman–Crippen LogP) is 5.37. The van der Waals surface area contributed by atoms with Gasteiger partial charge in [0.1, 0.15) is 11.6 Å². The van der Waals surface area contributed by atoms with Gasteiger partial charge in [0.2, 0.25) is 0 Å². The van der Waals surface area contributed by atoms with Gasteiger partial charge < -0.3 is 15.3 Å². The molecule has 2 unspecified atom stereocenters. The summed E-state index contributed by atoms with van der Waals surface area (Å²) in [7, 11) is 0. The van der Waals surface area contributed by atoms with Gasteiger partial charge in [-0.15, -0.1) is 0 Å². The molecule has 33 heavy (non-hydrogen) atoms. The number of rotatable bonds is 8. The van der Waals surface area contributed by atoms with Crippen LogP contribution in [0.5, 0.6) is 0 Å². The number of carboxylic acids is 1. The number of benzene rings is 2. The smallest absolute Gasteiger partial charge is 0.305 e. The van der Waals surface area contributed by atoms with Crippen LogP contribution in [0, 0.1) is 17.0 Å². The minimum absolute atomic E-state index is 0.0982. The summed E-state index contributed by atoms with van der Waals surface area (Å²) < 4.78 is 27.0. The van der Waals surface area contributed by atoms with Gasteiger partial charge in [0.05, 0.1) is 18.6 Å². The van der Waals surface area contributed by atoms with E-state index in [1.807, 2.05) is 6.08 Å². The first-order chi connectivity index (χ1) is 15.5. The van der Waals surface area contributed by atoms with E-state index in [0.29, 0.717) is 6.42 Å². The number of carboxylic acid groups (broad SMARTS) is 1. The zero-order valence-electron chi connectivity index (χ0n) is 18.6. The Kier molecular flexibility index (Phi) is 7.61. The Hall–Kier alpha value is -3.09. The lowest BCUT2D eigenvalue weighted by Gasteiger charge is -2.34. The first kappa shape index (κ1) is 24.6. The molecule has 0 heterocycles. The molecule has 2 atom stereocenters. The fourth-order valence-corrected chi connectivity index (χ4v) is 4.12. The van der Waals surface area contributed by atoms with Crippen LogP contribution in [0.3, 0.4) is 0 Å². The van der Waals surface area contributed by atoms with Gasteiger partial charge in [-0.05, 0) is 63.9 Å². The molecule has 3 N–H and O–H groups in total. The molecule has 0 radical (unpaired) electrons. The van der Waals surface area contributed by atoms with Crippen molar-refractivity contribution in [1.29, 1.82) is 0 Å². The van der Waals surface area contributed by atoms with Crippen LogP contribution in [-0.4, -0.2) is 33.5 Å². The molecule has 0 saturated carbocycles. The van der Waals surface area contributed by atoms with E-state index >= 15 is 0 Å². The Labute approximate surface area is 192 Å². The molecule has 3 rings (SSSR count). The molecular formula is C27H28F2O4.